The third-order valence-corrected chi connectivity index (χ3v) is 12.4. The Labute approximate surface area is 327 Å². The second kappa shape index (κ2) is 11.2. The first kappa shape index (κ1) is 30.7. The number of rotatable bonds is 2. The van der Waals surface area contributed by atoms with Gasteiger partial charge in [0, 0.05) is 27.5 Å². The highest BCUT2D eigenvalue weighted by Crippen LogP contribution is 2.63. The molecule has 0 fully saturated rings. The molecule has 1 aliphatic heterocycles. The lowest BCUT2D eigenvalue weighted by Gasteiger charge is -2.39. The van der Waals surface area contributed by atoms with E-state index in [9.17, 15) is 0 Å². The van der Waals surface area contributed by atoms with Gasteiger partial charge in [-0.3, -0.25) is 4.57 Å². The molecular formula is C53H31N3O. The number of fused-ring (bicyclic) bond motifs is 17. The van der Waals surface area contributed by atoms with Crippen molar-refractivity contribution in [2.24, 2.45) is 0 Å². The Hall–Kier alpha value is -7.56. The lowest BCUT2D eigenvalue weighted by Crippen LogP contribution is -2.32. The van der Waals surface area contributed by atoms with Gasteiger partial charge in [-0.1, -0.05) is 158 Å². The first-order valence-corrected chi connectivity index (χ1v) is 19.5. The van der Waals surface area contributed by atoms with Gasteiger partial charge in [0.05, 0.1) is 33.0 Å². The molecule has 2 aliphatic rings. The van der Waals surface area contributed by atoms with Crippen LogP contribution in [0.25, 0.3) is 82.6 Å². The van der Waals surface area contributed by atoms with Gasteiger partial charge in [0.15, 0.2) is 0 Å². The topological polar surface area (TPSA) is 39.9 Å². The van der Waals surface area contributed by atoms with Crippen molar-refractivity contribution in [3.05, 3.63) is 210 Å². The van der Waals surface area contributed by atoms with Crippen LogP contribution in [-0.2, 0) is 5.41 Å². The summed E-state index contributed by atoms with van der Waals surface area (Å²) in [6.45, 7) is 0. The second-order valence-electron chi connectivity index (χ2n) is 15.2. The fourth-order valence-corrected chi connectivity index (χ4v) is 10.1. The van der Waals surface area contributed by atoms with E-state index >= 15 is 0 Å². The quantitative estimate of drug-likeness (QED) is 0.178. The van der Waals surface area contributed by atoms with Crippen molar-refractivity contribution in [1.29, 1.82) is 0 Å². The van der Waals surface area contributed by atoms with Gasteiger partial charge in [-0.15, -0.1) is 0 Å². The van der Waals surface area contributed by atoms with E-state index in [4.69, 9.17) is 14.7 Å². The van der Waals surface area contributed by atoms with Gasteiger partial charge >= 0.3 is 0 Å². The molecule has 11 aromatic rings. The maximum absolute atomic E-state index is 7.26. The van der Waals surface area contributed by atoms with Crippen molar-refractivity contribution in [2.75, 3.05) is 0 Å². The molecule has 0 saturated carbocycles. The number of aromatic nitrogens is 3. The standard InChI is InChI=1S/C53H31N3O/c1-2-15-34-31-35(26-25-32(34)13-1)50-39-19-7-11-23-44(39)54-52(55-50)56-45-29-27-33-14-3-4-16-36(33)48(45)49-46(56)30-28-43-51(49)57-47-24-12-10-22-42(47)53(43)40-20-8-5-17-37(40)38-18-6-9-21-41(38)53/h1-31H. The van der Waals surface area contributed by atoms with E-state index in [1.165, 1.54) is 38.4 Å². The highest BCUT2D eigenvalue weighted by molar-refractivity contribution is 6.23. The number of para-hydroxylation sites is 2. The van der Waals surface area contributed by atoms with Gasteiger partial charge in [0.25, 0.3) is 0 Å². The maximum Gasteiger partial charge on any atom is 0.235 e. The average molecular weight is 726 g/mol. The minimum atomic E-state index is -0.576. The van der Waals surface area contributed by atoms with Crippen LogP contribution < -0.4 is 4.74 Å². The molecule has 0 atom stereocenters. The molecule has 0 amide bonds. The first-order chi connectivity index (χ1) is 28.3. The predicted molar refractivity (Wildman–Crippen MR) is 232 cm³/mol. The molecule has 1 spiro atoms. The Kier molecular flexibility index (Phi) is 6.07. The van der Waals surface area contributed by atoms with E-state index in [2.05, 4.69) is 193 Å². The largest absolute Gasteiger partial charge is 0.456 e. The summed E-state index contributed by atoms with van der Waals surface area (Å²) >= 11 is 0. The summed E-state index contributed by atoms with van der Waals surface area (Å²) in [5.74, 6) is 2.36. The van der Waals surface area contributed by atoms with Crippen LogP contribution in [0.2, 0.25) is 0 Å². The highest BCUT2D eigenvalue weighted by atomic mass is 16.5. The second-order valence-corrected chi connectivity index (χ2v) is 15.2. The Morgan fingerprint density at radius 2 is 1.05 bits per heavy atom. The van der Waals surface area contributed by atoms with Gasteiger partial charge < -0.3 is 4.74 Å². The number of hydrogen-bond donors (Lipinski definition) is 0. The fraction of sp³-hybridized carbons (Fsp3) is 0.0189. The smallest absolute Gasteiger partial charge is 0.235 e. The van der Waals surface area contributed by atoms with Crippen LogP contribution in [0.4, 0.5) is 0 Å². The SMILES string of the molecule is c1ccc2c(c1)Oc1c(ccc3c1c1c4ccccc4ccc1n3-c1nc(-c3ccc4ccccc4c3)c3ccccc3n1)C21c2ccccc2-c2ccccc21. The number of ether oxygens (including phenoxy) is 1. The normalized spacial score (nSPS) is 13.5. The molecule has 0 N–H and O–H groups in total. The number of benzene rings is 9. The van der Waals surface area contributed by atoms with Crippen LogP contribution in [0.1, 0.15) is 22.3 Å². The Morgan fingerprint density at radius 3 is 1.88 bits per heavy atom. The first-order valence-electron chi connectivity index (χ1n) is 19.5. The summed E-state index contributed by atoms with van der Waals surface area (Å²) in [5, 5.41) is 7.89. The Balaban J connectivity index is 1.18. The van der Waals surface area contributed by atoms with Crippen LogP contribution in [0.3, 0.4) is 0 Å². The number of nitrogens with zero attached hydrogens (tertiary/aromatic N) is 3. The van der Waals surface area contributed by atoms with Crippen LogP contribution in [-0.4, -0.2) is 14.5 Å². The van der Waals surface area contributed by atoms with Crippen molar-refractivity contribution < 1.29 is 4.74 Å². The molecule has 0 radical (unpaired) electrons. The molecule has 0 unspecified atom stereocenters. The highest BCUT2D eigenvalue weighted by Gasteiger charge is 2.51. The van der Waals surface area contributed by atoms with E-state index in [1.54, 1.807) is 0 Å². The van der Waals surface area contributed by atoms with Gasteiger partial charge in [-0.25, -0.2) is 9.97 Å². The molecule has 9 aromatic carbocycles. The number of hydrogen-bond acceptors (Lipinski definition) is 3. The van der Waals surface area contributed by atoms with E-state index in [0.29, 0.717) is 5.95 Å². The van der Waals surface area contributed by atoms with Crippen LogP contribution in [0.15, 0.2) is 188 Å². The van der Waals surface area contributed by atoms with Gasteiger partial charge in [-0.05, 0) is 74.1 Å². The molecule has 2 aromatic heterocycles. The summed E-state index contributed by atoms with van der Waals surface area (Å²) in [5.41, 5.74) is 11.6. The lowest BCUT2D eigenvalue weighted by atomic mass is 9.66. The monoisotopic (exact) mass is 725 g/mol. The molecule has 1 aliphatic carbocycles. The van der Waals surface area contributed by atoms with Crippen molar-refractivity contribution in [1.82, 2.24) is 14.5 Å². The fourth-order valence-electron chi connectivity index (χ4n) is 10.1. The van der Waals surface area contributed by atoms with E-state index in [-0.39, 0.29) is 0 Å². The third kappa shape index (κ3) is 4.01. The summed E-state index contributed by atoms with van der Waals surface area (Å²) in [6.07, 6.45) is 0. The van der Waals surface area contributed by atoms with E-state index in [1.807, 2.05) is 0 Å². The average Bonchev–Trinajstić information content (AvgIpc) is 3.78. The predicted octanol–water partition coefficient (Wildman–Crippen LogP) is 13.2. The summed E-state index contributed by atoms with van der Waals surface area (Å²) < 4.78 is 9.52. The maximum atomic E-state index is 7.26. The van der Waals surface area contributed by atoms with Crippen LogP contribution >= 0.6 is 0 Å². The zero-order chi connectivity index (χ0) is 37.2. The van der Waals surface area contributed by atoms with Gasteiger partial charge in [-0.2, -0.15) is 0 Å². The van der Waals surface area contributed by atoms with Gasteiger partial charge in [0.1, 0.15) is 11.5 Å². The molecule has 4 heteroatoms. The third-order valence-electron chi connectivity index (χ3n) is 12.4. The molecular weight excluding hydrogens is 695 g/mol. The summed E-state index contributed by atoms with van der Waals surface area (Å²) in [4.78, 5) is 10.8. The molecule has 0 bridgehead atoms. The lowest BCUT2D eigenvalue weighted by molar-refractivity contribution is 0.442. The summed E-state index contributed by atoms with van der Waals surface area (Å²) in [6, 6.07) is 67.5. The molecule has 13 rings (SSSR count). The zero-order valence-electron chi connectivity index (χ0n) is 30.6. The molecule has 0 saturated heterocycles. The van der Waals surface area contributed by atoms with Crippen LogP contribution in [0.5, 0.6) is 11.5 Å². The minimum Gasteiger partial charge on any atom is -0.456 e. The van der Waals surface area contributed by atoms with Crippen molar-refractivity contribution in [2.45, 2.75) is 5.41 Å². The van der Waals surface area contributed by atoms with Crippen molar-refractivity contribution in [3.63, 3.8) is 0 Å². The van der Waals surface area contributed by atoms with Crippen molar-refractivity contribution >= 4 is 54.3 Å². The zero-order valence-corrected chi connectivity index (χ0v) is 30.6. The van der Waals surface area contributed by atoms with Gasteiger partial charge in [0.2, 0.25) is 5.95 Å². The molecule has 3 heterocycles. The van der Waals surface area contributed by atoms with E-state index in [0.717, 1.165) is 72.0 Å². The van der Waals surface area contributed by atoms with Crippen molar-refractivity contribution in [3.8, 4) is 39.8 Å². The Morgan fingerprint density at radius 1 is 0.439 bits per heavy atom. The van der Waals surface area contributed by atoms with E-state index < -0.39 is 5.41 Å². The van der Waals surface area contributed by atoms with Crippen LogP contribution in [0, 0.1) is 0 Å². The molecule has 4 nitrogen and oxygen atoms in total. The summed E-state index contributed by atoms with van der Waals surface area (Å²) in [7, 11) is 0. The Bertz CT molecular complexity index is 3480. The minimum absolute atomic E-state index is 0.576. The molecule has 57 heavy (non-hydrogen) atoms. The molecule has 264 valence electrons.